The molecule has 72 valence electrons. The number of nitrogens with two attached hydrogens (primary N) is 1. The van der Waals surface area contributed by atoms with Crippen molar-refractivity contribution in [1.29, 1.82) is 0 Å². The van der Waals surface area contributed by atoms with E-state index in [9.17, 15) is 4.79 Å². The summed E-state index contributed by atoms with van der Waals surface area (Å²) in [5.74, 6) is 0. The summed E-state index contributed by atoms with van der Waals surface area (Å²) in [4.78, 5) is 14.8. The van der Waals surface area contributed by atoms with Crippen LogP contribution in [0.5, 0.6) is 0 Å². The summed E-state index contributed by atoms with van der Waals surface area (Å²) in [5.41, 5.74) is 6.50. The van der Waals surface area contributed by atoms with Crippen LogP contribution in [0.2, 0.25) is 0 Å². The summed E-state index contributed by atoms with van der Waals surface area (Å²) in [5, 5.41) is 0.922. The molecule has 1 aromatic heterocycles. The van der Waals surface area contributed by atoms with Crippen LogP contribution < -0.4 is 5.73 Å². The molecule has 1 atom stereocenters. The Morgan fingerprint density at radius 2 is 2.29 bits per heavy atom. The van der Waals surface area contributed by atoms with Gasteiger partial charge in [0.2, 0.25) is 0 Å². The number of aromatic nitrogens is 1. The molecule has 2 N–H and O–H groups in total. The second-order valence-electron chi connectivity index (χ2n) is 3.08. The lowest BCUT2D eigenvalue weighted by atomic mass is 10.2. The van der Waals surface area contributed by atoms with Gasteiger partial charge in [-0.2, -0.15) is 0 Å². The molecular formula is C10H10N2OS. The van der Waals surface area contributed by atoms with E-state index in [4.69, 9.17) is 5.73 Å². The third-order valence-corrected chi connectivity index (χ3v) is 2.98. The number of hydrogen-bond donors (Lipinski definition) is 1. The Morgan fingerprint density at radius 1 is 1.50 bits per heavy atom. The van der Waals surface area contributed by atoms with Crippen LogP contribution in [0.1, 0.15) is 5.01 Å². The number of fused-ring (bicyclic) bond motifs is 1. The maximum atomic E-state index is 10.4. The summed E-state index contributed by atoms with van der Waals surface area (Å²) >= 11 is 1.59. The van der Waals surface area contributed by atoms with Crippen molar-refractivity contribution in [3.05, 3.63) is 29.3 Å². The van der Waals surface area contributed by atoms with Crippen LogP contribution in [-0.4, -0.2) is 17.3 Å². The third-order valence-electron chi connectivity index (χ3n) is 1.92. The summed E-state index contributed by atoms with van der Waals surface area (Å²) in [6.45, 7) is 0. The number of aldehydes is 1. The lowest BCUT2D eigenvalue weighted by molar-refractivity contribution is -0.108. The molecule has 3 nitrogen and oxygen atoms in total. The predicted octanol–water partition coefficient (Wildman–Crippen LogP) is 1.36. The smallest absolute Gasteiger partial charge is 0.137 e. The first-order chi connectivity index (χ1) is 6.79. The number of benzene rings is 1. The molecule has 1 aromatic carbocycles. The molecule has 0 saturated carbocycles. The predicted molar refractivity (Wildman–Crippen MR) is 57.4 cm³/mol. The van der Waals surface area contributed by atoms with E-state index in [0.29, 0.717) is 6.42 Å². The first-order valence-electron chi connectivity index (χ1n) is 4.35. The van der Waals surface area contributed by atoms with E-state index in [1.54, 1.807) is 11.3 Å². The summed E-state index contributed by atoms with van der Waals surface area (Å²) < 4.78 is 1.14. The second-order valence-corrected chi connectivity index (χ2v) is 4.19. The quantitative estimate of drug-likeness (QED) is 0.771. The van der Waals surface area contributed by atoms with Gasteiger partial charge < -0.3 is 10.5 Å². The molecule has 0 saturated heterocycles. The normalized spacial score (nSPS) is 12.9. The minimum Gasteiger partial charge on any atom is -0.321 e. The molecule has 1 heterocycles. The van der Waals surface area contributed by atoms with Crippen molar-refractivity contribution in [2.24, 2.45) is 5.73 Å². The molecule has 0 radical (unpaired) electrons. The molecule has 2 aromatic rings. The maximum absolute atomic E-state index is 10.4. The van der Waals surface area contributed by atoms with Crippen molar-refractivity contribution in [2.75, 3.05) is 0 Å². The van der Waals surface area contributed by atoms with Crippen molar-refractivity contribution < 1.29 is 4.79 Å². The van der Waals surface area contributed by atoms with Gasteiger partial charge in [-0.25, -0.2) is 4.98 Å². The number of rotatable bonds is 3. The standard InChI is InChI=1S/C10H10N2OS/c11-7(6-13)5-10-12-8-3-1-2-4-9(8)14-10/h1-4,6-7H,5,11H2/t7-/m1/s1. The Kier molecular flexibility index (Phi) is 2.56. The molecule has 0 amide bonds. The van der Waals surface area contributed by atoms with Crippen LogP contribution in [0.25, 0.3) is 10.2 Å². The van der Waals surface area contributed by atoms with Crippen LogP contribution in [0, 0.1) is 0 Å². The van der Waals surface area contributed by atoms with Gasteiger partial charge in [0.15, 0.2) is 0 Å². The highest BCUT2D eigenvalue weighted by Crippen LogP contribution is 2.21. The Morgan fingerprint density at radius 3 is 3.00 bits per heavy atom. The van der Waals surface area contributed by atoms with Crippen molar-refractivity contribution in [1.82, 2.24) is 4.98 Å². The zero-order valence-corrected chi connectivity index (χ0v) is 8.33. The Bertz CT molecular complexity index is 419. The van der Waals surface area contributed by atoms with Crippen LogP contribution in [0.15, 0.2) is 24.3 Å². The first-order valence-corrected chi connectivity index (χ1v) is 5.16. The van der Waals surface area contributed by atoms with Gasteiger partial charge >= 0.3 is 0 Å². The second kappa shape index (κ2) is 3.86. The van der Waals surface area contributed by atoms with E-state index >= 15 is 0 Å². The summed E-state index contributed by atoms with van der Waals surface area (Å²) in [6, 6.07) is 7.47. The minimum absolute atomic E-state index is 0.435. The lowest BCUT2D eigenvalue weighted by Gasteiger charge is -1.97. The third kappa shape index (κ3) is 1.81. The molecule has 0 aliphatic carbocycles. The van der Waals surface area contributed by atoms with Gasteiger partial charge in [-0.15, -0.1) is 11.3 Å². The highest BCUT2D eigenvalue weighted by molar-refractivity contribution is 7.18. The monoisotopic (exact) mass is 206 g/mol. The number of thiazole rings is 1. The van der Waals surface area contributed by atoms with E-state index < -0.39 is 6.04 Å². The zero-order valence-electron chi connectivity index (χ0n) is 7.51. The average molecular weight is 206 g/mol. The average Bonchev–Trinajstić information content (AvgIpc) is 2.59. The minimum atomic E-state index is -0.435. The Labute approximate surface area is 85.6 Å². The number of hydrogen-bond acceptors (Lipinski definition) is 4. The van der Waals surface area contributed by atoms with Gasteiger partial charge in [0.05, 0.1) is 21.3 Å². The fourth-order valence-electron chi connectivity index (χ4n) is 1.26. The van der Waals surface area contributed by atoms with E-state index in [1.807, 2.05) is 24.3 Å². The van der Waals surface area contributed by atoms with Crippen LogP contribution >= 0.6 is 11.3 Å². The van der Waals surface area contributed by atoms with Crippen LogP contribution in [0.3, 0.4) is 0 Å². The number of nitrogens with zero attached hydrogens (tertiary/aromatic N) is 1. The maximum Gasteiger partial charge on any atom is 0.137 e. The van der Waals surface area contributed by atoms with Gasteiger partial charge in [-0.3, -0.25) is 0 Å². The fourth-order valence-corrected chi connectivity index (χ4v) is 2.30. The van der Waals surface area contributed by atoms with Crippen LogP contribution in [-0.2, 0) is 11.2 Å². The molecule has 4 heteroatoms. The zero-order chi connectivity index (χ0) is 9.97. The summed E-state index contributed by atoms with van der Waals surface area (Å²) in [7, 11) is 0. The van der Waals surface area contributed by atoms with E-state index in [-0.39, 0.29) is 0 Å². The molecule has 14 heavy (non-hydrogen) atoms. The summed E-state index contributed by atoms with van der Waals surface area (Å²) in [6.07, 6.45) is 1.29. The highest BCUT2D eigenvalue weighted by atomic mass is 32.1. The van der Waals surface area contributed by atoms with E-state index in [2.05, 4.69) is 4.98 Å². The number of para-hydroxylation sites is 1. The van der Waals surface area contributed by atoms with Crippen molar-refractivity contribution in [3.8, 4) is 0 Å². The van der Waals surface area contributed by atoms with Gasteiger partial charge in [0.1, 0.15) is 6.29 Å². The Hall–Kier alpha value is -1.26. The molecule has 0 aliphatic heterocycles. The van der Waals surface area contributed by atoms with Gasteiger partial charge in [-0.1, -0.05) is 12.1 Å². The van der Waals surface area contributed by atoms with E-state index in [1.165, 1.54) is 0 Å². The fraction of sp³-hybridized carbons (Fsp3) is 0.200. The molecule has 0 fully saturated rings. The first kappa shape index (κ1) is 9.30. The molecule has 0 spiro atoms. The molecule has 0 aliphatic rings. The SMILES string of the molecule is N[C@@H](C=O)Cc1nc2ccccc2s1. The van der Waals surface area contributed by atoms with Gasteiger partial charge in [0.25, 0.3) is 0 Å². The number of carbonyl (C=O) groups excluding carboxylic acids is 1. The molecular weight excluding hydrogens is 196 g/mol. The largest absolute Gasteiger partial charge is 0.321 e. The van der Waals surface area contributed by atoms with E-state index in [0.717, 1.165) is 21.5 Å². The topological polar surface area (TPSA) is 56.0 Å². The van der Waals surface area contributed by atoms with Gasteiger partial charge in [0, 0.05) is 6.42 Å². The molecule has 0 bridgehead atoms. The van der Waals surface area contributed by atoms with Crippen molar-refractivity contribution >= 4 is 27.8 Å². The highest BCUT2D eigenvalue weighted by Gasteiger charge is 2.07. The Balaban J connectivity index is 2.31. The lowest BCUT2D eigenvalue weighted by Crippen LogP contribution is -2.23. The van der Waals surface area contributed by atoms with Crippen molar-refractivity contribution in [2.45, 2.75) is 12.5 Å². The van der Waals surface area contributed by atoms with Gasteiger partial charge in [-0.05, 0) is 12.1 Å². The molecule has 0 unspecified atom stereocenters. The van der Waals surface area contributed by atoms with Crippen LogP contribution in [0.4, 0.5) is 0 Å². The van der Waals surface area contributed by atoms with Crippen molar-refractivity contribution in [3.63, 3.8) is 0 Å². The molecule has 2 rings (SSSR count). The number of carbonyl (C=O) groups is 1.